The first-order valence-electron chi connectivity index (χ1n) is 6.13. The maximum Gasteiger partial charge on any atom is 0.223 e. The van der Waals surface area contributed by atoms with Gasteiger partial charge in [0.2, 0.25) is 5.91 Å². The van der Waals surface area contributed by atoms with E-state index in [-0.39, 0.29) is 5.91 Å². The third kappa shape index (κ3) is 5.00. The van der Waals surface area contributed by atoms with Gasteiger partial charge in [-0.25, -0.2) is 0 Å². The summed E-state index contributed by atoms with van der Waals surface area (Å²) in [6, 6.07) is 8.30. The lowest BCUT2D eigenvalue weighted by atomic mass is 10.1. The van der Waals surface area contributed by atoms with Crippen LogP contribution in [0, 0.1) is 6.92 Å². The van der Waals surface area contributed by atoms with Gasteiger partial charge in [0, 0.05) is 26.6 Å². The second-order valence-electron chi connectivity index (χ2n) is 4.34. The Morgan fingerprint density at radius 2 is 1.94 bits per heavy atom. The SMILES string of the molecule is CCNCCC(=O)N(C)Cc1ccc(C)cc1. The molecule has 0 bridgehead atoms. The van der Waals surface area contributed by atoms with E-state index in [1.165, 1.54) is 11.1 Å². The van der Waals surface area contributed by atoms with Gasteiger partial charge in [0.05, 0.1) is 0 Å². The van der Waals surface area contributed by atoms with Crippen molar-refractivity contribution >= 4 is 5.91 Å². The maximum atomic E-state index is 11.8. The minimum Gasteiger partial charge on any atom is -0.341 e. The average molecular weight is 234 g/mol. The number of aryl methyl sites for hydroxylation is 1. The van der Waals surface area contributed by atoms with Crippen molar-refractivity contribution in [1.29, 1.82) is 0 Å². The summed E-state index contributed by atoms with van der Waals surface area (Å²) in [5.41, 5.74) is 2.42. The van der Waals surface area contributed by atoms with Crippen LogP contribution in [0.5, 0.6) is 0 Å². The topological polar surface area (TPSA) is 32.3 Å². The molecule has 0 saturated heterocycles. The highest BCUT2D eigenvalue weighted by atomic mass is 16.2. The predicted octanol–water partition coefficient (Wildman–Crippen LogP) is 1.95. The summed E-state index contributed by atoms with van der Waals surface area (Å²) in [5.74, 6) is 0.187. The molecule has 0 saturated carbocycles. The van der Waals surface area contributed by atoms with Crippen LogP contribution in [0.4, 0.5) is 0 Å². The molecule has 0 aliphatic rings. The van der Waals surface area contributed by atoms with Crippen LogP contribution in [-0.4, -0.2) is 30.9 Å². The van der Waals surface area contributed by atoms with Gasteiger partial charge >= 0.3 is 0 Å². The summed E-state index contributed by atoms with van der Waals surface area (Å²) >= 11 is 0. The van der Waals surface area contributed by atoms with Gasteiger partial charge in [-0.15, -0.1) is 0 Å². The number of carbonyl (C=O) groups excluding carboxylic acids is 1. The molecule has 0 atom stereocenters. The Balaban J connectivity index is 2.40. The monoisotopic (exact) mass is 234 g/mol. The number of benzene rings is 1. The van der Waals surface area contributed by atoms with Gasteiger partial charge in [0.25, 0.3) is 0 Å². The zero-order chi connectivity index (χ0) is 12.7. The number of hydrogen-bond acceptors (Lipinski definition) is 2. The highest BCUT2D eigenvalue weighted by Crippen LogP contribution is 2.06. The number of nitrogens with one attached hydrogen (secondary N) is 1. The van der Waals surface area contributed by atoms with Crippen LogP contribution >= 0.6 is 0 Å². The molecule has 1 N–H and O–H groups in total. The molecule has 1 amide bonds. The summed E-state index contributed by atoms with van der Waals surface area (Å²) in [4.78, 5) is 13.6. The van der Waals surface area contributed by atoms with E-state index >= 15 is 0 Å². The van der Waals surface area contributed by atoms with E-state index in [9.17, 15) is 4.79 Å². The molecule has 94 valence electrons. The molecule has 3 nitrogen and oxygen atoms in total. The molecular weight excluding hydrogens is 212 g/mol. The smallest absolute Gasteiger partial charge is 0.223 e. The third-order valence-electron chi connectivity index (χ3n) is 2.73. The Hall–Kier alpha value is -1.35. The molecule has 0 radical (unpaired) electrons. The lowest BCUT2D eigenvalue weighted by Crippen LogP contribution is -2.29. The Labute approximate surface area is 104 Å². The highest BCUT2D eigenvalue weighted by molar-refractivity contribution is 5.76. The van der Waals surface area contributed by atoms with Crippen molar-refractivity contribution < 1.29 is 4.79 Å². The van der Waals surface area contributed by atoms with Crippen LogP contribution in [0.25, 0.3) is 0 Å². The van der Waals surface area contributed by atoms with Crippen LogP contribution in [0.2, 0.25) is 0 Å². The quantitative estimate of drug-likeness (QED) is 0.763. The van der Waals surface area contributed by atoms with E-state index in [4.69, 9.17) is 0 Å². The zero-order valence-corrected chi connectivity index (χ0v) is 11.0. The molecule has 0 spiro atoms. The van der Waals surface area contributed by atoms with Crippen LogP contribution in [0.1, 0.15) is 24.5 Å². The van der Waals surface area contributed by atoms with Gasteiger partial charge in [0.15, 0.2) is 0 Å². The van der Waals surface area contributed by atoms with Crippen molar-refractivity contribution in [3.05, 3.63) is 35.4 Å². The van der Waals surface area contributed by atoms with Crippen molar-refractivity contribution in [1.82, 2.24) is 10.2 Å². The molecule has 1 rings (SSSR count). The molecule has 0 aromatic heterocycles. The van der Waals surface area contributed by atoms with Gasteiger partial charge in [-0.3, -0.25) is 4.79 Å². The zero-order valence-electron chi connectivity index (χ0n) is 11.0. The summed E-state index contributed by atoms with van der Waals surface area (Å²) in [7, 11) is 1.86. The fraction of sp³-hybridized carbons (Fsp3) is 0.500. The lowest BCUT2D eigenvalue weighted by Gasteiger charge is -2.17. The van der Waals surface area contributed by atoms with Crippen molar-refractivity contribution in [2.24, 2.45) is 0 Å². The minimum atomic E-state index is 0.187. The van der Waals surface area contributed by atoms with E-state index in [0.717, 1.165) is 13.1 Å². The summed E-state index contributed by atoms with van der Waals surface area (Å²) in [6.07, 6.45) is 0.566. The standard InChI is InChI=1S/C14H22N2O/c1-4-15-10-9-14(17)16(3)11-13-7-5-12(2)6-8-13/h5-8,15H,4,9-11H2,1-3H3. The fourth-order valence-corrected chi connectivity index (χ4v) is 1.62. The lowest BCUT2D eigenvalue weighted by molar-refractivity contribution is -0.130. The largest absolute Gasteiger partial charge is 0.341 e. The van der Waals surface area contributed by atoms with Crippen molar-refractivity contribution in [3.8, 4) is 0 Å². The number of carbonyl (C=O) groups is 1. The van der Waals surface area contributed by atoms with Gasteiger partial charge < -0.3 is 10.2 Å². The highest BCUT2D eigenvalue weighted by Gasteiger charge is 2.08. The van der Waals surface area contributed by atoms with E-state index in [0.29, 0.717) is 13.0 Å². The normalized spacial score (nSPS) is 10.3. The van der Waals surface area contributed by atoms with E-state index in [1.54, 1.807) is 4.90 Å². The van der Waals surface area contributed by atoms with E-state index in [1.807, 2.05) is 14.0 Å². The van der Waals surface area contributed by atoms with Crippen molar-refractivity contribution in [3.63, 3.8) is 0 Å². The number of nitrogens with zero attached hydrogens (tertiary/aromatic N) is 1. The summed E-state index contributed by atoms with van der Waals surface area (Å²) in [5, 5.41) is 3.16. The Morgan fingerprint density at radius 1 is 1.29 bits per heavy atom. The van der Waals surface area contributed by atoms with Gasteiger partial charge in [0.1, 0.15) is 0 Å². The molecule has 1 aromatic carbocycles. The van der Waals surface area contributed by atoms with Crippen LogP contribution in [0.15, 0.2) is 24.3 Å². The van der Waals surface area contributed by atoms with Crippen molar-refractivity contribution in [2.75, 3.05) is 20.1 Å². The summed E-state index contributed by atoms with van der Waals surface area (Å²) in [6.45, 7) is 6.46. The summed E-state index contributed by atoms with van der Waals surface area (Å²) < 4.78 is 0. The first-order chi connectivity index (χ1) is 8.13. The number of amides is 1. The number of hydrogen-bond donors (Lipinski definition) is 1. The van der Waals surface area contributed by atoms with Crippen LogP contribution in [0.3, 0.4) is 0 Å². The average Bonchev–Trinajstić information content (AvgIpc) is 2.32. The van der Waals surface area contributed by atoms with Crippen LogP contribution < -0.4 is 5.32 Å². The Bertz CT molecular complexity index is 346. The molecule has 0 unspecified atom stereocenters. The predicted molar refractivity (Wildman–Crippen MR) is 70.8 cm³/mol. The molecule has 0 aliphatic heterocycles. The van der Waals surface area contributed by atoms with Gasteiger partial charge in [-0.2, -0.15) is 0 Å². The first-order valence-corrected chi connectivity index (χ1v) is 6.13. The van der Waals surface area contributed by atoms with Gasteiger partial charge in [-0.05, 0) is 19.0 Å². The molecule has 17 heavy (non-hydrogen) atoms. The second-order valence-corrected chi connectivity index (χ2v) is 4.34. The van der Waals surface area contributed by atoms with E-state index in [2.05, 4.69) is 36.5 Å². The fourth-order valence-electron chi connectivity index (χ4n) is 1.62. The van der Waals surface area contributed by atoms with Crippen LogP contribution in [-0.2, 0) is 11.3 Å². The molecule has 1 aromatic rings. The minimum absolute atomic E-state index is 0.187. The Kier molecular flexibility index (Phi) is 5.70. The Morgan fingerprint density at radius 3 is 2.53 bits per heavy atom. The molecule has 3 heteroatoms. The third-order valence-corrected chi connectivity index (χ3v) is 2.73. The maximum absolute atomic E-state index is 11.8. The molecule has 0 heterocycles. The van der Waals surface area contributed by atoms with Gasteiger partial charge in [-0.1, -0.05) is 36.8 Å². The molecule has 0 aliphatic carbocycles. The van der Waals surface area contributed by atoms with E-state index < -0.39 is 0 Å². The molecule has 0 fully saturated rings. The second kappa shape index (κ2) is 7.07. The molecular formula is C14H22N2O. The number of rotatable bonds is 6. The van der Waals surface area contributed by atoms with Crippen molar-refractivity contribution in [2.45, 2.75) is 26.8 Å². The first kappa shape index (κ1) is 13.7.